The number of anilines is 8. The molecule has 0 bridgehead atoms. The van der Waals surface area contributed by atoms with Gasteiger partial charge in [0.15, 0.2) is 0 Å². The van der Waals surface area contributed by atoms with Gasteiger partial charge in [0, 0.05) is 61.5 Å². The summed E-state index contributed by atoms with van der Waals surface area (Å²) in [6.07, 6.45) is 14.9. The van der Waals surface area contributed by atoms with E-state index in [0.717, 1.165) is 62.6 Å². The van der Waals surface area contributed by atoms with Gasteiger partial charge in [-0.25, -0.2) is 0 Å². The van der Waals surface area contributed by atoms with E-state index in [1.54, 1.807) is 0 Å². The molecule has 4 aliphatic carbocycles. The summed E-state index contributed by atoms with van der Waals surface area (Å²) >= 11 is 0. The van der Waals surface area contributed by atoms with E-state index in [-0.39, 0.29) is 12.0 Å². The largest absolute Gasteiger partial charge is 0.330 e. The molecule has 4 nitrogen and oxygen atoms in total. The average Bonchev–Trinajstić information content (AvgIpc) is 1.33. The van der Waals surface area contributed by atoms with Gasteiger partial charge in [-0.2, -0.15) is 0 Å². The summed E-state index contributed by atoms with van der Waals surface area (Å²) in [5, 5.41) is 9.48. The van der Waals surface area contributed by atoms with Crippen molar-refractivity contribution < 1.29 is 0 Å². The van der Waals surface area contributed by atoms with Gasteiger partial charge in [-0.3, -0.25) is 0 Å². The number of rotatable bonds is 12. The average molecular weight is 1070 g/mol. The zero-order valence-electron chi connectivity index (χ0n) is 46.1. The van der Waals surface area contributed by atoms with Crippen molar-refractivity contribution in [2.24, 2.45) is 5.92 Å². The summed E-state index contributed by atoms with van der Waals surface area (Å²) in [6.45, 7) is 0. The Kier molecular flexibility index (Phi) is 12.0. The van der Waals surface area contributed by atoms with E-state index in [0.29, 0.717) is 0 Å². The molecule has 12 aromatic carbocycles. The van der Waals surface area contributed by atoms with Crippen LogP contribution in [0, 0.1) is 5.92 Å². The lowest BCUT2D eigenvalue weighted by Crippen LogP contribution is -2.41. The third-order valence-electron chi connectivity index (χ3n) is 17.3. The number of para-hydroxylation sites is 4. The van der Waals surface area contributed by atoms with Gasteiger partial charge in [0.2, 0.25) is 0 Å². The molecule has 0 N–H and O–H groups in total. The zero-order chi connectivity index (χ0) is 55.5. The number of allylic oxidation sites excluding steroid dienone is 7. The molecule has 84 heavy (non-hydrogen) atoms. The van der Waals surface area contributed by atoms with E-state index >= 15 is 0 Å². The second kappa shape index (κ2) is 20.6. The third kappa shape index (κ3) is 8.14. The van der Waals surface area contributed by atoms with E-state index in [9.17, 15) is 0 Å². The minimum absolute atomic E-state index is 0.233. The van der Waals surface area contributed by atoms with Crippen molar-refractivity contribution in [2.45, 2.75) is 6.04 Å². The van der Waals surface area contributed by atoms with Crippen molar-refractivity contribution in [1.29, 1.82) is 0 Å². The minimum atomic E-state index is -0.289. The molecular formula is C80H56N4. The standard InChI is InChI=1S/C80H56N4/c1-5-33-59(34-6-1)81(71-45-21-29-55-25-13-17-41-63(55)71)75-53-76(82(60-35-7-2-8-36-60)72-46-22-30-56-26-14-18-42-64(56)72)68-51-52-70-78(84(62-39-11-4-12-40-62)74-48-24-32-58-28-16-20-44-66(58)74)54-77(69-50-49-67(75)79(68)80(69)70)83(61-37-9-3-10-38-61)73-47-23-31-57-27-15-19-43-65(57)73/h1-54,75,80H. The highest BCUT2D eigenvalue weighted by Crippen LogP contribution is 2.58. The Labute approximate surface area is 490 Å². The van der Waals surface area contributed by atoms with Crippen molar-refractivity contribution in [2.75, 3.05) is 19.6 Å². The monoisotopic (exact) mass is 1070 g/mol. The first-order valence-corrected chi connectivity index (χ1v) is 29.1. The predicted octanol–water partition coefficient (Wildman–Crippen LogP) is 20.7. The Morgan fingerprint density at radius 3 is 1.14 bits per heavy atom. The lowest BCUT2D eigenvalue weighted by Gasteiger charge is -2.48. The third-order valence-corrected chi connectivity index (χ3v) is 17.3. The fourth-order valence-corrected chi connectivity index (χ4v) is 13.7. The van der Waals surface area contributed by atoms with Crippen LogP contribution in [-0.4, -0.2) is 6.04 Å². The summed E-state index contributed by atoms with van der Waals surface area (Å²) in [6, 6.07) is 106. The van der Waals surface area contributed by atoms with Gasteiger partial charge in [-0.05, 0) is 129 Å². The Morgan fingerprint density at radius 1 is 0.286 bits per heavy atom. The second-order valence-electron chi connectivity index (χ2n) is 21.9. The number of hydrogen-bond donors (Lipinski definition) is 0. The Morgan fingerprint density at radius 2 is 0.655 bits per heavy atom. The molecule has 4 heteroatoms. The van der Waals surface area contributed by atoms with Gasteiger partial charge in [0.05, 0.1) is 40.2 Å². The normalized spacial score (nSPS) is 16.0. The van der Waals surface area contributed by atoms with Crippen LogP contribution in [0.4, 0.5) is 45.5 Å². The smallest absolute Gasteiger partial charge is 0.0802 e. The van der Waals surface area contributed by atoms with Crippen LogP contribution in [0.2, 0.25) is 0 Å². The highest BCUT2D eigenvalue weighted by atomic mass is 15.2. The highest BCUT2D eigenvalue weighted by Gasteiger charge is 2.46. The van der Waals surface area contributed by atoms with Crippen molar-refractivity contribution in [1.82, 2.24) is 0 Å². The van der Waals surface area contributed by atoms with Gasteiger partial charge in [-0.15, -0.1) is 0 Å². The van der Waals surface area contributed by atoms with Crippen LogP contribution in [0.25, 0.3) is 43.1 Å². The van der Waals surface area contributed by atoms with Crippen molar-refractivity contribution >= 4 is 88.6 Å². The van der Waals surface area contributed by atoms with Crippen LogP contribution in [0.15, 0.2) is 373 Å². The maximum absolute atomic E-state index is 2.60. The van der Waals surface area contributed by atoms with Crippen LogP contribution in [0.3, 0.4) is 0 Å². The summed E-state index contributed by atoms with van der Waals surface area (Å²) in [5.41, 5.74) is 18.3. The highest BCUT2D eigenvalue weighted by molar-refractivity contribution is 6.03. The lowest BCUT2D eigenvalue weighted by molar-refractivity contribution is 0.749. The fourth-order valence-electron chi connectivity index (χ4n) is 13.7. The van der Waals surface area contributed by atoms with Gasteiger partial charge < -0.3 is 19.6 Å². The molecule has 0 saturated heterocycles. The Hall–Kier alpha value is -10.9. The van der Waals surface area contributed by atoms with Crippen molar-refractivity contribution in [3.63, 3.8) is 0 Å². The van der Waals surface area contributed by atoms with Crippen LogP contribution < -0.4 is 19.6 Å². The summed E-state index contributed by atoms with van der Waals surface area (Å²) in [4.78, 5) is 10.2. The molecule has 0 saturated carbocycles. The van der Waals surface area contributed by atoms with E-state index in [2.05, 4.69) is 347 Å². The number of fused-ring (bicyclic) bond motifs is 4. The fraction of sp³-hybridized carbons (Fsp3) is 0.0250. The van der Waals surface area contributed by atoms with Crippen LogP contribution in [0.5, 0.6) is 0 Å². The van der Waals surface area contributed by atoms with Crippen molar-refractivity contribution in [3.05, 3.63) is 373 Å². The van der Waals surface area contributed by atoms with Crippen LogP contribution >= 0.6 is 0 Å². The topological polar surface area (TPSA) is 13.0 Å². The Balaban J connectivity index is 1.04. The predicted molar refractivity (Wildman–Crippen MR) is 353 cm³/mol. The molecular weight excluding hydrogens is 1020 g/mol. The molecule has 0 spiro atoms. The van der Waals surface area contributed by atoms with Gasteiger partial charge in [0.1, 0.15) is 0 Å². The molecule has 2 atom stereocenters. The minimum Gasteiger partial charge on any atom is -0.330 e. The van der Waals surface area contributed by atoms with E-state index in [1.807, 2.05) is 0 Å². The summed E-state index contributed by atoms with van der Waals surface area (Å²) in [7, 11) is 0. The van der Waals surface area contributed by atoms with E-state index < -0.39 is 0 Å². The lowest BCUT2D eigenvalue weighted by atomic mass is 9.65. The van der Waals surface area contributed by atoms with Crippen LogP contribution in [0.1, 0.15) is 0 Å². The summed E-state index contributed by atoms with van der Waals surface area (Å²) < 4.78 is 0. The molecule has 0 aromatic heterocycles. The first kappa shape index (κ1) is 48.9. The number of benzene rings is 12. The quantitative estimate of drug-likeness (QED) is 0.121. The van der Waals surface area contributed by atoms with E-state index in [1.165, 1.54) is 71.0 Å². The van der Waals surface area contributed by atoms with Crippen LogP contribution in [-0.2, 0) is 0 Å². The number of nitrogens with zero attached hydrogens (tertiary/aromatic N) is 4. The molecule has 0 fully saturated rings. The first-order chi connectivity index (χ1) is 41.7. The van der Waals surface area contributed by atoms with E-state index in [4.69, 9.17) is 0 Å². The SMILES string of the molecule is C1=CC2=C(N(c3ccccc3)c3cccc4ccccc34)C=C(N(c3ccccc3)c3cccc4ccccc34)C3=CC=C4C(=C1C(N(c1ccccc1)c1cccc5ccccc15)=CC4N(c1ccccc1)c1cccc4ccccc14)C32. The molecule has 0 heterocycles. The van der Waals surface area contributed by atoms with Crippen molar-refractivity contribution in [3.8, 4) is 0 Å². The molecule has 396 valence electrons. The Bertz CT molecular complexity index is 4780. The first-order valence-electron chi connectivity index (χ1n) is 29.1. The van der Waals surface area contributed by atoms with Gasteiger partial charge in [-0.1, -0.05) is 243 Å². The molecule has 12 aromatic rings. The molecule has 2 unspecified atom stereocenters. The molecule has 16 rings (SSSR count). The van der Waals surface area contributed by atoms with Gasteiger partial charge >= 0.3 is 0 Å². The summed E-state index contributed by atoms with van der Waals surface area (Å²) in [5.74, 6) is -0.233. The molecule has 4 aliphatic rings. The maximum Gasteiger partial charge on any atom is 0.0802 e. The second-order valence-corrected chi connectivity index (χ2v) is 21.9. The number of hydrogen-bond acceptors (Lipinski definition) is 4. The van der Waals surface area contributed by atoms with Gasteiger partial charge in [0.25, 0.3) is 0 Å². The zero-order valence-corrected chi connectivity index (χ0v) is 46.1. The molecule has 0 aliphatic heterocycles. The molecule has 0 amide bonds. The maximum atomic E-state index is 2.60. The molecule has 0 radical (unpaired) electrons.